The number of halogens is 1. The van der Waals surface area contributed by atoms with Gasteiger partial charge in [-0.2, -0.15) is 0 Å². The number of nitrogens with one attached hydrogen (secondary N) is 2. The van der Waals surface area contributed by atoms with Crippen molar-refractivity contribution in [2.45, 2.75) is 31.8 Å². The molecule has 0 bridgehead atoms. The number of benzene rings is 2. The molecule has 0 unspecified atom stereocenters. The van der Waals surface area contributed by atoms with E-state index in [-0.39, 0.29) is 24.0 Å². The van der Waals surface area contributed by atoms with Gasteiger partial charge < -0.3 is 15.1 Å². The van der Waals surface area contributed by atoms with E-state index in [2.05, 4.69) is 15.6 Å². The Morgan fingerprint density at radius 1 is 1.07 bits per heavy atom. The molecule has 0 amide bonds. The van der Waals surface area contributed by atoms with Crippen LogP contribution in [0.15, 0.2) is 56.8 Å². The number of furan rings is 1. The zero-order chi connectivity index (χ0) is 20.3. The highest BCUT2D eigenvalue weighted by Gasteiger charge is 2.12. The van der Waals surface area contributed by atoms with Gasteiger partial charge in [0.2, 0.25) is 0 Å². The summed E-state index contributed by atoms with van der Waals surface area (Å²) < 4.78 is 29.4. The van der Waals surface area contributed by atoms with Gasteiger partial charge in [-0.1, -0.05) is 30.3 Å². The minimum atomic E-state index is -3.21. The molecule has 0 spiro atoms. The quantitative estimate of drug-likeness (QED) is 0.299. The fourth-order valence-corrected chi connectivity index (χ4v) is 4.16. The zero-order valence-electron chi connectivity index (χ0n) is 16.9. The van der Waals surface area contributed by atoms with Gasteiger partial charge in [-0.15, -0.1) is 24.0 Å². The Labute approximate surface area is 188 Å². The molecule has 1 aromatic heterocycles. The largest absolute Gasteiger partial charge is 0.459 e. The second-order valence-corrected chi connectivity index (χ2v) is 8.78. The van der Waals surface area contributed by atoms with Crippen LogP contribution in [0.25, 0.3) is 11.0 Å². The van der Waals surface area contributed by atoms with Crippen LogP contribution in [0, 0.1) is 13.8 Å². The normalized spacial score (nSPS) is 11.9. The summed E-state index contributed by atoms with van der Waals surface area (Å²) in [5.74, 6) is 1.52. The maximum absolute atomic E-state index is 11.7. The first-order valence-corrected chi connectivity index (χ1v) is 10.9. The van der Waals surface area contributed by atoms with Crippen molar-refractivity contribution in [2.75, 3.05) is 13.3 Å². The molecule has 2 N–H and O–H groups in total. The third kappa shape index (κ3) is 5.51. The predicted octanol–water partition coefficient (Wildman–Crippen LogP) is 3.94. The Morgan fingerprint density at radius 3 is 2.38 bits per heavy atom. The lowest BCUT2D eigenvalue weighted by Gasteiger charge is -2.12. The van der Waals surface area contributed by atoms with Crippen LogP contribution in [-0.4, -0.2) is 27.7 Å². The maximum Gasteiger partial charge on any atom is 0.191 e. The highest BCUT2D eigenvalue weighted by molar-refractivity contribution is 14.0. The van der Waals surface area contributed by atoms with E-state index < -0.39 is 9.84 Å². The number of aryl methyl sites for hydroxylation is 2. The van der Waals surface area contributed by atoms with Gasteiger partial charge in [0.05, 0.1) is 11.4 Å². The molecule has 0 atom stereocenters. The third-order valence-electron chi connectivity index (χ3n) is 4.68. The standard InChI is InChI=1S/C21H25N3O3S.HI/c1-14-11-16(9-10-20(14)28(4,25)26)12-23-21(22-3)24-13-19-15(2)17-7-5-6-8-18(17)27-19;/h5-11H,12-13H2,1-4H3,(H2,22,23,24);1H. The molecule has 0 aliphatic carbocycles. The van der Waals surface area contributed by atoms with E-state index in [1.54, 1.807) is 20.0 Å². The number of guanidine groups is 1. The van der Waals surface area contributed by atoms with E-state index in [0.29, 0.717) is 23.9 Å². The smallest absolute Gasteiger partial charge is 0.191 e. The summed E-state index contributed by atoms with van der Waals surface area (Å²) in [6.07, 6.45) is 1.22. The number of aliphatic imine (C=N–C) groups is 1. The second-order valence-electron chi connectivity index (χ2n) is 6.80. The van der Waals surface area contributed by atoms with E-state index in [9.17, 15) is 8.42 Å². The molecule has 2 aromatic carbocycles. The highest BCUT2D eigenvalue weighted by atomic mass is 127. The van der Waals surface area contributed by atoms with Crippen molar-refractivity contribution in [2.24, 2.45) is 4.99 Å². The van der Waals surface area contributed by atoms with Gasteiger partial charge in [-0.05, 0) is 37.1 Å². The van der Waals surface area contributed by atoms with Crippen molar-refractivity contribution in [3.8, 4) is 0 Å². The zero-order valence-corrected chi connectivity index (χ0v) is 20.1. The summed E-state index contributed by atoms with van der Waals surface area (Å²) >= 11 is 0. The number of nitrogens with zero attached hydrogens (tertiary/aromatic N) is 1. The van der Waals surface area contributed by atoms with Crippen molar-refractivity contribution in [1.82, 2.24) is 10.6 Å². The molecule has 0 aliphatic rings. The molecule has 0 aliphatic heterocycles. The van der Waals surface area contributed by atoms with Gasteiger partial charge in [0.15, 0.2) is 15.8 Å². The Morgan fingerprint density at radius 2 is 1.76 bits per heavy atom. The van der Waals surface area contributed by atoms with Crippen LogP contribution in [0.2, 0.25) is 0 Å². The van der Waals surface area contributed by atoms with E-state index >= 15 is 0 Å². The minimum Gasteiger partial charge on any atom is -0.459 e. The van der Waals surface area contributed by atoms with Crippen molar-refractivity contribution in [3.63, 3.8) is 0 Å². The average Bonchev–Trinajstić information content (AvgIpc) is 2.97. The number of hydrogen-bond donors (Lipinski definition) is 2. The van der Waals surface area contributed by atoms with Crippen LogP contribution in [0.5, 0.6) is 0 Å². The molecule has 29 heavy (non-hydrogen) atoms. The molecule has 3 rings (SSSR count). The molecule has 3 aromatic rings. The van der Waals surface area contributed by atoms with Crippen LogP contribution in [0.4, 0.5) is 0 Å². The fourth-order valence-electron chi connectivity index (χ4n) is 3.20. The van der Waals surface area contributed by atoms with E-state index in [1.165, 1.54) is 6.26 Å². The van der Waals surface area contributed by atoms with Crippen LogP contribution < -0.4 is 10.6 Å². The molecule has 0 saturated heterocycles. The number of para-hydroxylation sites is 1. The van der Waals surface area contributed by atoms with Gasteiger partial charge >= 0.3 is 0 Å². The molecule has 156 valence electrons. The summed E-state index contributed by atoms with van der Waals surface area (Å²) in [5.41, 5.74) is 3.71. The van der Waals surface area contributed by atoms with Crippen molar-refractivity contribution in [1.29, 1.82) is 0 Å². The number of fused-ring (bicyclic) bond motifs is 1. The lowest BCUT2D eigenvalue weighted by atomic mass is 10.1. The Balaban J connectivity index is 0.00000300. The molecule has 1 heterocycles. The molecule has 0 radical (unpaired) electrons. The van der Waals surface area contributed by atoms with Crippen molar-refractivity contribution >= 4 is 50.7 Å². The van der Waals surface area contributed by atoms with Crippen LogP contribution in [0.1, 0.15) is 22.5 Å². The van der Waals surface area contributed by atoms with Crippen LogP contribution in [0.3, 0.4) is 0 Å². The lowest BCUT2D eigenvalue weighted by molar-refractivity contribution is 0.534. The Hall–Kier alpha value is -2.07. The molecule has 0 saturated carbocycles. The summed E-state index contributed by atoms with van der Waals surface area (Å²) in [7, 11) is -1.50. The summed E-state index contributed by atoms with van der Waals surface area (Å²) in [4.78, 5) is 4.60. The topological polar surface area (TPSA) is 83.7 Å². The highest BCUT2D eigenvalue weighted by Crippen LogP contribution is 2.24. The predicted molar refractivity (Wildman–Crippen MR) is 128 cm³/mol. The third-order valence-corrected chi connectivity index (χ3v) is 5.94. The Kier molecular flexibility index (Phi) is 7.70. The molecular weight excluding hydrogens is 501 g/mol. The molecule has 6 nitrogen and oxygen atoms in total. The molecule has 0 fully saturated rings. The first-order chi connectivity index (χ1) is 13.3. The number of rotatable bonds is 5. The molecule has 8 heteroatoms. The van der Waals surface area contributed by atoms with Crippen molar-refractivity contribution < 1.29 is 12.8 Å². The van der Waals surface area contributed by atoms with Gasteiger partial charge in [-0.3, -0.25) is 4.99 Å². The van der Waals surface area contributed by atoms with Gasteiger partial charge in [0.1, 0.15) is 11.3 Å². The second kappa shape index (κ2) is 9.62. The maximum atomic E-state index is 11.7. The first kappa shape index (κ1) is 23.2. The summed E-state index contributed by atoms with van der Waals surface area (Å²) in [6, 6.07) is 13.3. The lowest BCUT2D eigenvalue weighted by Crippen LogP contribution is -2.36. The van der Waals surface area contributed by atoms with Crippen LogP contribution >= 0.6 is 24.0 Å². The fraction of sp³-hybridized carbons (Fsp3) is 0.286. The monoisotopic (exact) mass is 527 g/mol. The first-order valence-electron chi connectivity index (χ1n) is 9.00. The number of hydrogen-bond acceptors (Lipinski definition) is 4. The van der Waals surface area contributed by atoms with E-state index in [4.69, 9.17) is 4.42 Å². The average molecular weight is 527 g/mol. The molecular formula is C21H26IN3O3S. The van der Waals surface area contributed by atoms with Crippen LogP contribution in [-0.2, 0) is 22.9 Å². The Bertz CT molecular complexity index is 1140. The van der Waals surface area contributed by atoms with Gasteiger partial charge in [0.25, 0.3) is 0 Å². The van der Waals surface area contributed by atoms with E-state index in [1.807, 2.05) is 43.3 Å². The minimum absolute atomic E-state index is 0. The van der Waals surface area contributed by atoms with E-state index in [0.717, 1.165) is 33.4 Å². The summed E-state index contributed by atoms with van der Waals surface area (Å²) in [6.45, 7) is 4.90. The van der Waals surface area contributed by atoms with Gasteiger partial charge in [-0.25, -0.2) is 8.42 Å². The SMILES string of the molecule is CN=C(NCc1ccc(S(C)(=O)=O)c(C)c1)NCc1oc2ccccc2c1C.I. The summed E-state index contributed by atoms with van der Waals surface area (Å²) in [5, 5.41) is 7.61. The van der Waals surface area contributed by atoms with Crippen molar-refractivity contribution in [3.05, 3.63) is 64.9 Å². The van der Waals surface area contributed by atoms with Gasteiger partial charge in [0, 0.05) is 30.8 Å². The number of sulfone groups is 1.